The Bertz CT molecular complexity index is 2650. The lowest BCUT2D eigenvalue weighted by molar-refractivity contribution is -0.141. The lowest BCUT2D eigenvalue weighted by Gasteiger charge is -2.36. The van der Waals surface area contributed by atoms with Crippen molar-refractivity contribution in [3.8, 4) is 0 Å². The molecule has 6 N–H and O–H groups in total. The maximum Gasteiger partial charge on any atom is 0.251 e. The highest BCUT2D eigenvalue weighted by Crippen LogP contribution is 2.32. The first kappa shape index (κ1) is 62.7. The Morgan fingerprint density at radius 1 is 0.577 bits per heavy atom. The number of carbonyl (C=O) groups excluding carboxylic acids is 6. The third-order valence-electron chi connectivity index (χ3n) is 13.6. The summed E-state index contributed by atoms with van der Waals surface area (Å²) in [5, 5.41) is 44.0. The molecule has 2 aliphatic rings. The number of rotatable bonds is 20. The zero-order valence-electron chi connectivity index (χ0n) is 45.5. The van der Waals surface area contributed by atoms with E-state index in [1.165, 1.54) is 29.6 Å². The van der Waals surface area contributed by atoms with Crippen LogP contribution >= 0.6 is 48.3 Å². The van der Waals surface area contributed by atoms with Crippen LogP contribution in [0.2, 0.25) is 0 Å². The van der Waals surface area contributed by atoms with Gasteiger partial charge in [-0.05, 0) is 138 Å². The van der Waals surface area contributed by atoms with Gasteiger partial charge in [0, 0.05) is 46.1 Å². The van der Waals surface area contributed by atoms with Crippen LogP contribution in [-0.2, 0) is 32.3 Å². The van der Waals surface area contributed by atoms with Gasteiger partial charge >= 0.3 is 0 Å². The van der Waals surface area contributed by atoms with Crippen LogP contribution < -0.4 is 31.9 Å². The van der Waals surface area contributed by atoms with Crippen LogP contribution in [0.25, 0.3) is 0 Å². The molecule has 422 valence electrons. The van der Waals surface area contributed by atoms with Crippen molar-refractivity contribution >= 4 is 83.8 Å². The van der Waals surface area contributed by atoms with Gasteiger partial charge in [-0.15, -0.1) is 35.0 Å². The molecule has 0 aliphatic carbocycles. The van der Waals surface area contributed by atoms with Crippen LogP contribution in [0.5, 0.6) is 0 Å². The summed E-state index contributed by atoms with van der Waals surface area (Å²) in [6.07, 6.45) is 0.683. The van der Waals surface area contributed by atoms with Crippen molar-refractivity contribution in [1.82, 2.24) is 82.1 Å². The Hall–Kier alpha value is -6.18. The number of likely N-dealkylation sites (N-methyl/N-ethyl adjacent to an activating group) is 2. The molecule has 0 bridgehead atoms. The van der Waals surface area contributed by atoms with Gasteiger partial charge in [0.15, 0.2) is 0 Å². The Balaban J connectivity index is 0.00000560. The standard InChI is InChI=1S/C52H70N16O6S2.2ClH/c1-31(53-9)43(69)57-41(51(3,4)5)47(73)65-27-35(25-37(65)29-67-49(59-61-63-67)75-39-20-13-11-14-21-39)55-45(71)33-18-17-19-34(24-33)46(72)56-36-26-38(30-68-50(60-62-64-68)76-40-22-15-12-16-23-40)66(28-36)48(74)42(52(6,7)8)58-44(70)32(2)54-10;;/h11-24,31-32,35-38,41-42,53-54H,25-30H2,1-10H3,(H,55,71)(H,56,72)(H,57,69)(H,58,70);2*1H/t31-,32-,35-,36-,37-,38-,41+,42+;;/m0../s1. The van der Waals surface area contributed by atoms with Crippen LogP contribution in [0.15, 0.2) is 105 Å². The van der Waals surface area contributed by atoms with Gasteiger partial charge in [-0.3, -0.25) is 28.8 Å². The lowest BCUT2D eigenvalue weighted by Crippen LogP contribution is -2.58. The number of nitrogens with one attached hydrogen (secondary N) is 6. The Morgan fingerprint density at radius 2 is 0.949 bits per heavy atom. The van der Waals surface area contributed by atoms with Crippen molar-refractivity contribution in [2.24, 2.45) is 10.8 Å². The summed E-state index contributed by atoms with van der Waals surface area (Å²) < 4.78 is 3.29. The van der Waals surface area contributed by atoms with Gasteiger partial charge in [0.05, 0.1) is 37.3 Å². The maximum atomic E-state index is 14.7. The Kier molecular flexibility index (Phi) is 22.2. The number of carbonyl (C=O) groups is 6. The van der Waals surface area contributed by atoms with Crippen molar-refractivity contribution in [3.63, 3.8) is 0 Å². The first-order valence-electron chi connectivity index (χ1n) is 25.4. The van der Waals surface area contributed by atoms with E-state index in [1.54, 1.807) is 65.3 Å². The number of benzene rings is 3. The molecular formula is C52H72Cl2N16O6S2. The van der Waals surface area contributed by atoms with E-state index < -0.39 is 71.0 Å². The molecule has 2 aromatic heterocycles. The van der Waals surface area contributed by atoms with Crippen LogP contribution in [0, 0.1) is 10.8 Å². The quantitative estimate of drug-likeness (QED) is 0.0646. The molecule has 2 fully saturated rings. The number of aromatic nitrogens is 8. The number of hydrogen-bond donors (Lipinski definition) is 6. The molecular weight excluding hydrogens is 1080 g/mol. The number of halogens is 2. The number of likely N-dealkylation sites (tertiary alicyclic amines) is 2. The highest BCUT2D eigenvalue weighted by molar-refractivity contribution is 7.99. The molecule has 26 heteroatoms. The van der Waals surface area contributed by atoms with Gasteiger partial charge in [-0.1, -0.05) is 84.0 Å². The molecule has 4 heterocycles. The van der Waals surface area contributed by atoms with Crippen LogP contribution in [0.4, 0.5) is 0 Å². The van der Waals surface area contributed by atoms with E-state index in [0.29, 0.717) is 23.2 Å². The number of amides is 6. The van der Waals surface area contributed by atoms with E-state index >= 15 is 0 Å². The minimum absolute atomic E-state index is 0. The monoisotopic (exact) mass is 1150 g/mol. The highest BCUT2D eigenvalue weighted by atomic mass is 35.5. The summed E-state index contributed by atoms with van der Waals surface area (Å²) >= 11 is 2.77. The van der Waals surface area contributed by atoms with Crippen molar-refractivity contribution in [2.45, 2.75) is 150 Å². The molecule has 0 unspecified atom stereocenters. The van der Waals surface area contributed by atoms with E-state index in [4.69, 9.17) is 0 Å². The summed E-state index contributed by atoms with van der Waals surface area (Å²) in [5.41, 5.74) is -0.916. The van der Waals surface area contributed by atoms with Crippen LogP contribution in [0.3, 0.4) is 0 Å². The largest absolute Gasteiger partial charge is 0.347 e. The lowest BCUT2D eigenvalue weighted by atomic mass is 9.85. The SMILES string of the molecule is CN[C@@H](C)C(=O)N[C@H](C(=O)N1C[C@@H](NC(=O)c2cccc(C(=O)N[C@H]3C[C@@H](Cn4nnnc4Sc4ccccc4)N(C(=O)[C@@H](NC(=O)[C@H](C)NC)C(C)(C)C)C3)c2)C[C@H]1Cn1nnnc1Sc1ccccc1)C(C)(C)C.Cl.Cl. The molecule has 78 heavy (non-hydrogen) atoms. The molecule has 6 amide bonds. The first-order chi connectivity index (χ1) is 36.1. The number of hydrogen-bond acceptors (Lipinski definition) is 16. The van der Waals surface area contributed by atoms with E-state index in [0.717, 1.165) is 9.79 Å². The number of tetrazole rings is 2. The average molecular weight is 1150 g/mol. The molecule has 22 nitrogen and oxygen atoms in total. The van der Waals surface area contributed by atoms with Crippen molar-refractivity contribution < 1.29 is 28.8 Å². The Morgan fingerprint density at radius 3 is 1.29 bits per heavy atom. The molecule has 3 aromatic carbocycles. The summed E-state index contributed by atoms with van der Waals surface area (Å²) in [7, 11) is 3.35. The fourth-order valence-corrected chi connectivity index (χ4v) is 10.6. The van der Waals surface area contributed by atoms with Crippen LogP contribution in [-0.4, -0.2) is 161 Å². The molecule has 7 rings (SSSR count). The molecule has 0 radical (unpaired) electrons. The summed E-state index contributed by atoms with van der Waals surface area (Å²) in [6.45, 7) is 15.4. The van der Waals surface area contributed by atoms with E-state index in [2.05, 4.69) is 63.0 Å². The third-order valence-corrected chi connectivity index (χ3v) is 15.5. The fourth-order valence-electron chi connectivity index (χ4n) is 9.05. The summed E-state index contributed by atoms with van der Waals surface area (Å²) in [5.74, 6) is -2.18. The predicted octanol–water partition coefficient (Wildman–Crippen LogP) is 3.88. The maximum absolute atomic E-state index is 14.7. The molecule has 0 saturated carbocycles. The third kappa shape index (κ3) is 16.0. The molecule has 2 saturated heterocycles. The van der Waals surface area contributed by atoms with E-state index in [1.807, 2.05) is 102 Å². The van der Waals surface area contributed by atoms with Crippen molar-refractivity contribution in [1.29, 1.82) is 0 Å². The predicted molar refractivity (Wildman–Crippen MR) is 300 cm³/mol. The number of nitrogens with zero attached hydrogens (tertiary/aromatic N) is 10. The van der Waals surface area contributed by atoms with Gasteiger partial charge in [0.25, 0.3) is 11.8 Å². The smallest absolute Gasteiger partial charge is 0.251 e. The minimum Gasteiger partial charge on any atom is -0.347 e. The van der Waals surface area contributed by atoms with Gasteiger partial charge < -0.3 is 41.7 Å². The Labute approximate surface area is 476 Å². The zero-order valence-corrected chi connectivity index (χ0v) is 48.8. The van der Waals surface area contributed by atoms with Crippen molar-refractivity contribution in [3.05, 3.63) is 96.1 Å². The average Bonchev–Trinajstić information content (AvgIpc) is 4.27. The zero-order chi connectivity index (χ0) is 54.9. The highest BCUT2D eigenvalue weighted by Gasteiger charge is 2.45. The molecule has 8 atom stereocenters. The molecule has 0 spiro atoms. The minimum atomic E-state index is -0.904. The van der Waals surface area contributed by atoms with Crippen molar-refractivity contribution in [2.75, 3.05) is 27.2 Å². The second-order valence-electron chi connectivity index (χ2n) is 21.4. The van der Waals surface area contributed by atoms with E-state index in [-0.39, 0.29) is 85.7 Å². The fraction of sp³-hybridized carbons (Fsp3) is 0.500. The molecule has 2 aliphatic heterocycles. The van der Waals surface area contributed by atoms with Crippen LogP contribution in [0.1, 0.15) is 88.9 Å². The topological polar surface area (TPSA) is 268 Å². The second-order valence-corrected chi connectivity index (χ2v) is 23.5. The van der Waals surface area contributed by atoms with Gasteiger partial charge in [-0.25, -0.2) is 9.36 Å². The molecule has 5 aromatic rings. The normalized spacial score (nSPS) is 18.8. The second kappa shape index (κ2) is 27.6. The van der Waals surface area contributed by atoms with Gasteiger partial charge in [0.1, 0.15) is 12.1 Å². The first-order valence-corrected chi connectivity index (χ1v) is 27.0. The summed E-state index contributed by atoms with van der Waals surface area (Å²) in [4.78, 5) is 89.6. The van der Waals surface area contributed by atoms with E-state index in [9.17, 15) is 28.8 Å². The van der Waals surface area contributed by atoms with Gasteiger partial charge in [-0.2, -0.15) is 0 Å². The summed E-state index contributed by atoms with van der Waals surface area (Å²) in [6, 6.07) is 20.8. The van der Waals surface area contributed by atoms with Gasteiger partial charge in [0.2, 0.25) is 33.9 Å².